The Bertz CT molecular complexity index is 419. The second-order valence-corrected chi connectivity index (χ2v) is 7.26. The van der Waals surface area contributed by atoms with Gasteiger partial charge in [-0.05, 0) is 36.8 Å². The van der Waals surface area contributed by atoms with E-state index in [-0.39, 0.29) is 0 Å². The van der Waals surface area contributed by atoms with Crippen molar-refractivity contribution in [2.45, 2.75) is 44.3 Å². The molecular formula is C15H23NOS. The summed E-state index contributed by atoms with van der Waals surface area (Å²) in [5.74, 6) is 1.50. The van der Waals surface area contributed by atoms with Gasteiger partial charge >= 0.3 is 0 Å². The fraction of sp³-hybridized carbons (Fsp3) is 0.600. The van der Waals surface area contributed by atoms with Gasteiger partial charge in [-0.15, -0.1) is 0 Å². The second-order valence-electron chi connectivity index (χ2n) is 5.43. The van der Waals surface area contributed by atoms with Crippen LogP contribution in [0.25, 0.3) is 0 Å². The Kier molecular flexibility index (Phi) is 4.81. The highest BCUT2D eigenvalue weighted by Crippen LogP contribution is 2.27. The summed E-state index contributed by atoms with van der Waals surface area (Å²) < 4.78 is 12.3. The van der Waals surface area contributed by atoms with Gasteiger partial charge in [-0.25, -0.2) is 0 Å². The Hall–Kier alpha value is -0.830. The van der Waals surface area contributed by atoms with Crippen molar-refractivity contribution in [2.24, 2.45) is 5.92 Å². The molecule has 0 radical (unpaired) electrons. The van der Waals surface area contributed by atoms with Crippen LogP contribution in [0.4, 0.5) is 5.69 Å². The molecule has 0 spiro atoms. The minimum absolute atomic E-state index is 0.415. The molecule has 0 bridgehead atoms. The van der Waals surface area contributed by atoms with Crippen LogP contribution in [-0.2, 0) is 17.2 Å². The number of nitrogen functional groups attached to an aromatic ring is 1. The molecule has 1 saturated carbocycles. The molecule has 3 unspecified atom stereocenters. The van der Waals surface area contributed by atoms with Crippen molar-refractivity contribution < 1.29 is 4.21 Å². The van der Waals surface area contributed by atoms with E-state index in [1.54, 1.807) is 0 Å². The van der Waals surface area contributed by atoms with Crippen LogP contribution in [0, 0.1) is 5.92 Å². The lowest BCUT2D eigenvalue weighted by Crippen LogP contribution is -2.25. The average Bonchev–Trinajstić information content (AvgIpc) is 2.37. The Balaban J connectivity index is 1.86. The Morgan fingerprint density at radius 1 is 1.33 bits per heavy atom. The number of aryl methyl sites for hydroxylation is 1. The van der Waals surface area contributed by atoms with E-state index in [9.17, 15) is 4.21 Å². The molecule has 1 fully saturated rings. The third-order valence-electron chi connectivity index (χ3n) is 3.89. The number of benzene rings is 1. The molecule has 0 amide bonds. The van der Waals surface area contributed by atoms with Crippen LogP contribution in [-0.4, -0.2) is 15.2 Å². The van der Waals surface area contributed by atoms with E-state index in [0.29, 0.717) is 5.25 Å². The maximum Gasteiger partial charge on any atom is 0.0350 e. The van der Waals surface area contributed by atoms with Crippen molar-refractivity contribution in [2.75, 3.05) is 11.5 Å². The van der Waals surface area contributed by atoms with Crippen LogP contribution in [0.15, 0.2) is 24.3 Å². The number of rotatable bonds is 4. The summed E-state index contributed by atoms with van der Waals surface area (Å²) in [5.41, 5.74) is 7.87. The number of anilines is 1. The first-order valence-corrected chi connectivity index (χ1v) is 8.25. The summed E-state index contributed by atoms with van der Waals surface area (Å²) in [4.78, 5) is 0. The number of hydrogen-bond donors (Lipinski definition) is 1. The highest BCUT2D eigenvalue weighted by molar-refractivity contribution is 7.85. The number of hydrogen-bond acceptors (Lipinski definition) is 2. The van der Waals surface area contributed by atoms with Crippen molar-refractivity contribution in [1.82, 2.24) is 0 Å². The molecule has 0 saturated heterocycles. The molecule has 100 valence electrons. The van der Waals surface area contributed by atoms with Gasteiger partial charge < -0.3 is 5.73 Å². The SMILES string of the molecule is CC1CCCC(S(=O)CCc2ccccc2N)C1. The first-order chi connectivity index (χ1) is 8.66. The predicted octanol–water partition coefficient (Wildman–Crippen LogP) is 3.14. The molecule has 1 aliphatic rings. The molecular weight excluding hydrogens is 242 g/mol. The topological polar surface area (TPSA) is 43.1 Å². The van der Waals surface area contributed by atoms with Gasteiger partial charge in [0.05, 0.1) is 0 Å². The lowest BCUT2D eigenvalue weighted by molar-refractivity contribution is 0.389. The minimum Gasteiger partial charge on any atom is -0.399 e. The monoisotopic (exact) mass is 265 g/mol. The fourth-order valence-corrected chi connectivity index (χ4v) is 4.48. The van der Waals surface area contributed by atoms with Crippen LogP contribution >= 0.6 is 0 Å². The van der Waals surface area contributed by atoms with E-state index in [1.807, 2.05) is 24.3 Å². The normalized spacial score (nSPS) is 25.8. The van der Waals surface area contributed by atoms with E-state index in [4.69, 9.17) is 5.73 Å². The second kappa shape index (κ2) is 6.37. The van der Waals surface area contributed by atoms with Crippen LogP contribution in [0.3, 0.4) is 0 Å². The summed E-state index contributed by atoms with van der Waals surface area (Å²) in [6, 6.07) is 7.90. The molecule has 3 heteroatoms. The highest BCUT2D eigenvalue weighted by Gasteiger charge is 2.23. The number of nitrogens with two attached hydrogens (primary N) is 1. The first-order valence-electron chi connectivity index (χ1n) is 6.87. The Labute approximate surface area is 112 Å². The zero-order valence-electron chi connectivity index (χ0n) is 11.1. The van der Waals surface area contributed by atoms with Gasteiger partial charge in [-0.2, -0.15) is 0 Å². The summed E-state index contributed by atoms with van der Waals surface area (Å²) >= 11 is 0. The standard InChI is InChI=1S/C15H23NOS/c1-12-5-4-7-14(11-12)18(17)10-9-13-6-2-3-8-15(13)16/h2-3,6,8,12,14H,4-5,7,9-11,16H2,1H3. The van der Waals surface area contributed by atoms with Crippen molar-refractivity contribution >= 4 is 16.5 Å². The van der Waals surface area contributed by atoms with Gasteiger partial charge in [0.2, 0.25) is 0 Å². The van der Waals surface area contributed by atoms with Gasteiger partial charge in [0.1, 0.15) is 0 Å². The summed E-state index contributed by atoms with van der Waals surface area (Å²) in [7, 11) is -0.691. The number of para-hydroxylation sites is 1. The van der Waals surface area contributed by atoms with Crippen LogP contribution < -0.4 is 5.73 Å². The molecule has 1 aromatic rings. The van der Waals surface area contributed by atoms with Gasteiger partial charge in [-0.3, -0.25) is 4.21 Å². The zero-order chi connectivity index (χ0) is 13.0. The van der Waals surface area contributed by atoms with E-state index < -0.39 is 10.8 Å². The van der Waals surface area contributed by atoms with E-state index >= 15 is 0 Å². The Morgan fingerprint density at radius 2 is 2.11 bits per heavy atom. The quantitative estimate of drug-likeness (QED) is 0.850. The molecule has 1 aromatic carbocycles. The molecule has 0 heterocycles. The van der Waals surface area contributed by atoms with Gasteiger partial charge in [0.15, 0.2) is 0 Å². The van der Waals surface area contributed by atoms with Crippen LogP contribution in [0.1, 0.15) is 38.2 Å². The van der Waals surface area contributed by atoms with Crippen LogP contribution in [0.2, 0.25) is 0 Å². The lowest BCUT2D eigenvalue weighted by atomic mass is 9.91. The van der Waals surface area contributed by atoms with E-state index in [2.05, 4.69) is 6.92 Å². The van der Waals surface area contributed by atoms with Crippen molar-refractivity contribution in [1.29, 1.82) is 0 Å². The smallest absolute Gasteiger partial charge is 0.0350 e. The Morgan fingerprint density at radius 3 is 2.83 bits per heavy atom. The molecule has 1 aliphatic carbocycles. The molecule has 2 rings (SSSR count). The highest BCUT2D eigenvalue weighted by atomic mass is 32.2. The van der Waals surface area contributed by atoms with Crippen molar-refractivity contribution in [3.8, 4) is 0 Å². The molecule has 2 N–H and O–H groups in total. The predicted molar refractivity (Wildman–Crippen MR) is 79.0 cm³/mol. The third kappa shape index (κ3) is 3.58. The van der Waals surface area contributed by atoms with E-state index in [1.165, 1.54) is 12.8 Å². The molecule has 0 aromatic heterocycles. The average molecular weight is 265 g/mol. The molecule has 3 atom stereocenters. The first kappa shape index (κ1) is 13.6. The van der Waals surface area contributed by atoms with Gasteiger partial charge in [0, 0.05) is 27.5 Å². The van der Waals surface area contributed by atoms with E-state index in [0.717, 1.165) is 42.2 Å². The molecule has 18 heavy (non-hydrogen) atoms. The van der Waals surface area contributed by atoms with Crippen LogP contribution in [0.5, 0.6) is 0 Å². The lowest BCUT2D eigenvalue weighted by Gasteiger charge is -2.26. The molecule has 0 aliphatic heterocycles. The largest absolute Gasteiger partial charge is 0.399 e. The van der Waals surface area contributed by atoms with Crippen molar-refractivity contribution in [3.63, 3.8) is 0 Å². The zero-order valence-corrected chi connectivity index (χ0v) is 11.9. The van der Waals surface area contributed by atoms with Gasteiger partial charge in [0.25, 0.3) is 0 Å². The minimum atomic E-state index is -0.691. The van der Waals surface area contributed by atoms with Gasteiger partial charge in [-0.1, -0.05) is 38.0 Å². The third-order valence-corrected chi connectivity index (χ3v) is 5.67. The summed E-state index contributed by atoms with van der Waals surface area (Å²) in [6.45, 7) is 2.28. The summed E-state index contributed by atoms with van der Waals surface area (Å²) in [6.07, 6.45) is 5.66. The maximum absolute atomic E-state index is 12.3. The van der Waals surface area contributed by atoms with Crippen molar-refractivity contribution in [3.05, 3.63) is 29.8 Å². The maximum atomic E-state index is 12.3. The fourth-order valence-electron chi connectivity index (χ4n) is 2.76. The molecule has 2 nitrogen and oxygen atoms in total. The summed E-state index contributed by atoms with van der Waals surface area (Å²) in [5, 5.41) is 0.415.